The molecule has 0 aliphatic carbocycles. The van der Waals surface area contributed by atoms with Crippen LogP contribution in [-0.2, 0) is 16.7 Å². The van der Waals surface area contributed by atoms with Crippen molar-refractivity contribution in [3.63, 3.8) is 0 Å². The van der Waals surface area contributed by atoms with Crippen LogP contribution in [0.5, 0.6) is 5.75 Å². The Balaban J connectivity index is 1.45. The van der Waals surface area contributed by atoms with E-state index >= 15 is 0 Å². The number of thiazole rings is 1. The van der Waals surface area contributed by atoms with Gasteiger partial charge in [-0.2, -0.15) is 13.2 Å². The minimum atomic E-state index is -4.46. The van der Waals surface area contributed by atoms with Gasteiger partial charge in [-0.3, -0.25) is 14.9 Å². The maximum atomic E-state index is 12.6. The van der Waals surface area contributed by atoms with Gasteiger partial charge < -0.3 is 10.1 Å². The van der Waals surface area contributed by atoms with Crippen LogP contribution in [0, 0.1) is 0 Å². The van der Waals surface area contributed by atoms with Gasteiger partial charge in [0.2, 0.25) is 5.91 Å². The smallest absolute Gasteiger partial charge is 0.416 e. The Morgan fingerprint density at radius 3 is 2.38 bits per heavy atom. The predicted octanol–water partition coefficient (Wildman–Crippen LogP) is 5.29. The summed E-state index contributed by atoms with van der Waals surface area (Å²) in [6, 6.07) is 10.9. The molecule has 6 nitrogen and oxygen atoms in total. The summed E-state index contributed by atoms with van der Waals surface area (Å²) in [7, 11) is 1.56. The number of nitrogens with zero attached hydrogens (tertiary/aromatic N) is 1. The van der Waals surface area contributed by atoms with Gasteiger partial charge in [-0.15, -0.1) is 23.1 Å². The van der Waals surface area contributed by atoms with Gasteiger partial charge in [0, 0.05) is 22.4 Å². The van der Waals surface area contributed by atoms with Gasteiger partial charge in [0.15, 0.2) is 5.13 Å². The SMILES string of the molecule is COc1ccc(NC(=O)CSCc2csc(NC(=O)c3ccc(C(F)(F)F)cc3)n2)cc1. The van der Waals surface area contributed by atoms with E-state index < -0.39 is 17.6 Å². The van der Waals surface area contributed by atoms with E-state index in [4.69, 9.17) is 4.74 Å². The van der Waals surface area contributed by atoms with Crippen LogP contribution in [0.15, 0.2) is 53.9 Å². The molecule has 2 aromatic carbocycles. The fourth-order valence-corrected chi connectivity index (χ4v) is 4.06. The van der Waals surface area contributed by atoms with Crippen molar-refractivity contribution in [2.75, 3.05) is 23.5 Å². The fourth-order valence-electron chi connectivity index (χ4n) is 2.53. The fraction of sp³-hybridized carbons (Fsp3) is 0.190. The number of ether oxygens (including phenoxy) is 1. The third kappa shape index (κ3) is 6.72. The Labute approximate surface area is 190 Å². The van der Waals surface area contributed by atoms with E-state index in [1.165, 1.54) is 23.1 Å². The van der Waals surface area contributed by atoms with Gasteiger partial charge in [-0.25, -0.2) is 4.98 Å². The molecule has 0 atom stereocenters. The van der Waals surface area contributed by atoms with E-state index in [1.807, 2.05) is 0 Å². The van der Waals surface area contributed by atoms with Crippen molar-refractivity contribution in [3.8, 4) is 5.75 Å². The number of halogens is 3. The number of thioether (sulfide) groups is 1. The topological polar surface area (TPSA) is 80.3 Å². The number of methoxy groups -OCH3 is 1. The van der Waals surface area contributed by atoms with Crippen LogP contribution in [0.2, 0.25) is 0 Å². The maximum absolute atomic E-state index is 12.6. The largest absolute Gasteiger partial charge is 0.497 e. The van der Waals surface area contributed by atoms with Crippen LogP contribution in [-0.4, -0.2) is 29.7 Å². The zero-order chi connectivity index (χ0) is 23.1. The molecule has 3 rings (SSSR count). The number of hydrogen-bond acceptors (Lipinski definition) is 6. The first-order chi connectivity index (χ1) is 15.2. The van der Waals surface area contributed by atoms with E-state index in [0.717, 1.165) is 24.3 Å². The number of benzene rings is 2. The van der Waals surface area contributed by atoms with Gasteiger partial charge >= 0.3 is 6.18 Å². The Morgan fingerprint density at radius 1 is 1.06 bits per heavy atom. The Kier molecular flexibility index (Phi) is 7.75. The van der Waals surface area contributed by atoms with Crippen molar-refractivity contribution in [1.82, 2.24) is 4.98 Å². The highest BCUT2D eigenvalue weighted by Gasteiger charge is 2.30. The lowest BCUT2D eigenvalue weighted by Crippen LogP contribution is -2.14. The van der Waals surface area contributed by atoms with Gasteiger partial charge in [-0.1, -0.05) is 0 Å². The number of aromatic nitrogens is 1. The number of carbonyl (C=O) groups excluding carboxylic acids is 2. The van der Waals surface area contributed by atoms with E-state index in [2.05, 4.69) is 15.6 Å². The molecule has 0 unspecified atom stereocenters. The first-order valence-corrected chi connectivity index (χ1v) is 11.2. The molecule has 0 aliphatic rings. The Bertz CT molecular complexity index is 1070. The minimum Gasteiger partial charge on any atom is -0.497 e. The van der Waals surface area contributed by atoms with Crippen molar-refractivity contribution in [1.29, 1.82) is 0 Å². The lowest BCUT2D eigenvalue weighted by molar-refractivity contribution is -0.137. The number of rotatable bonds is 8. The number of hydrogen-bond donors (Lipinski definition) is 2. The molecule has 2 amide bonds. The number of nitrogens with one attached hydrogen (secondary N) is 2. The Hall–Kier alpha value is -3.05. The second-order valence-electron chi connectivity index (χ2n) is 6.44. The highest BCUT2D eigenvalue weighted by Crippen LogP contribution is 2.29. The molecule has 0 saturated heterocycles. The number of alkyl halides is 3. The van der Waals surface area contributed by atoms with Crippen molar-refractivity contribution in [2.45, 2.75) is 11.9 Å². The Morgan fingerprint density at radius 2 is 1.75 bits per heavy atom. The molecule has 0 radical (unpaired) electrons. The maximum Gasteiger partial charge on any atom is 0.416 e. The summed E-state index contributed by atoms with van der Waals surface area (Å²) in [5, 5.41) is 7.42. The first-order valence-electron chi connectivity index (χ1n) is 9.19. The van der Waals surface area contributed by atoms with Crippen molar-refractivity contribution in [2.24, 2.45) is 0 Å². The number of carbonyl (C=O) groups is 2. The first kappa shape index (κ1) is 23.6. The highest BCUT2D eigenvalue weighted by molar-refractivity contribution is 7.99. The molecular weight excluding hydrogens is 463 g/mol. The lowest BCUT2D eigenvalue weighted by atomic mass is 10.1. The molecule has 0 bridgehead atoms. The molecular formula is C21H18F3N3O3S2. The molecule has 0 spiro atoms. The molecule has 3 aromatic rings. The van der Waals surface area contributed by atoms with Crippen LogP contribution in [0.3, 0.4) is 0 Å². The van der Waals surface area contributed by atoms with Crippen LogP contribution in [0.1, 0.15) is 21.6 Å². The second kappa shape index (κ2) is 10.5. The zero-order valence-corrected chi connectivity index (χ0v) is 18.4. The van der Waals surface area contributed by atoms with E-state index in [-0.39, 0.29) is 17.2 Å². The highest BCUT2D eigenvalue weighted by atomic mass is 32.2. The molecule has 1 aromatic heterocycles. The molecule has 0 aliphatic heterocycles. The monoisotopic (exact) mass is 481 g/mol. The summed E-state index contributed by atoms with van der Waals surface area (Å²) in [6.07, 6.45) is -4.46. The van der Waals surface area contributed by atoms with Crippen molar-refractivity contribution < 1.29 is 27.5 Å². The molecule has 1 heterocycles. The molecule has 32 heavy (non-hydrogen) atoms. The summed E-state index contributed by atoms with van der Waals surface area (Å²) >= 11 is 2.56. The van der Waals surface area contributed by atoms with Gasteiger partial charge in [-0.05, 0) is 48.5 Å². The van der Waals surface area contributed by atoms with Crippen LogP contribution >= 0.6 is 23.1 Å². The average Bonchev–Trinajstić information content (AvgIpc) is 3.21. The minimum absolute atomic E-state index is 0.0966. The summed E-state index contributed by atoms with van der Waals surface area (Å²) < 4.78 is 42.9. The molecule has 168 valence electrons. The standard InChI is InChI=1S/C21H18F3N3O3S2/c1-30-17-8-6-15(7-9-17)25-18(28)12-31-10-16-11-32-20(26-16)27-19(29)13-2-4-14(5-3-13)21(22,23)24/h2-9,11H,10,12H2,1H3,(H,25,28)(H,26,27,29). The lowest BCUT2D eigenvalue weighted by Gasteiger charge is -2.07. The van der Waals surface area contributed by atoms with Gasteiger partial charge in [0.25, 0.3) is 5.91 Å². The van der Waals surface area contributed by atoms with Gasteiger partial charge in [0.1, 0.15) is 5.75 Å². The molecule has 11 heteroatoms. The predicted molar refractivity (Wildman–Crippen MR) is 119 cm³/mol. The summed E-state index contributed by atoms with van der Waals surface area (Å²) in [5.74, 6) is 0.666. The van der Waals surface area contributed by atoms with Crippen LogP contribution < -0.4 is 15.4 Å². The van der Waals surface area contributed by atoms with E-state index in [0.29, 0.717) is 28.0 Å². The normalized spacial score (nSPS) is 11.1. The number of amides is 2. The van der Waals surface area contributed by atoms with Gasteiger partial charge in [0.05, 0.1) is 24.1 Å². The van der Waals surface area contributed by atoms with E-state index in [1.54, 1.807) is 36.8 Å². The number of anilines is 2. The van der Waals surface area contributed by atoms with Crippen LogP contribution in [0.4, 0.5) is 24.0 Å². The average molecular weight is 482 g/mol. The van der Waals surface area contributed by atoms with Crippen molar-refractivity contribution >= 4 is 45.7 Å². The van der Waals surface area contributed by atoms with Crippen molar-refractivity contribution in [3.05, 3.63) is 70.7 Å². The molecule has 0 saturated carbocycles. The summed E-state index contributed by atoms with van der Waals surface area (Å²) in [5.41, 5.74) is 0.622. The summed E-state index contributed by atoms with van der Waals surface area (Å²) in [4.78, 5) is 28.5. The van der Waals surface area contributed by atoms with Crippen LogP contribution in [0.25, 0.3) is 0 Å². The summed E-state index contributed by atoms with van der Waals surface area (Å²) in [6.45, 7) is 0. The zero-order valence-electron chi connectivity index (χ0n) is 16.7. The third-order valence-electron chi connectivity index (χ3n) is 4.10. The quantitative estimate of drug-likeness (QED) is 0.457. The molecule has 0 fully saturated rings. The second-order valence-corrected chi connectivity index (χ2v) is 8.29. The third-order valence-corrected chi connectivity index (χ3v) is 5.88. The molecule has 2 N–H and O–H groups in total. The van der Waals surface area contributed by atoms with E-state index in [9.17, 15) is 22.8 Å².